The Bertz CT molecular complexity index is 409. The summed E-state index contributed by atoms with van der Waals surface area (Å²) in [5.41, 5.74) is 0. The standard InChI is InChI=1S/C17H26O6/c1-3-15(18)22-11-5-6-12-23-17(20)14-9-7-13(8-10-14)16(19)21-4-2/h3,13-14H,1,4-12H2,2H3. The predicted molar refractivity (Wildman–Crippen MR) is 83.4 cm³/mol. The Morgan fingerprint density at radius 1 is 0.913 bits per heavy atom. The topological polar surface area (TPSA) is 78.9 Å². The van der Waals surface area contributed by atoms with Crippen LogP contribution < -0.4 is 0 Å². The maximum Gasteiger partial charge on any atom is 0.330 e. The number of carbonyl (C=O) groups excluding carboxylic acids is 3. The van der Waals surface area contributed by atoms with Gasteiger partial charge in [0.1, 0.15) is 0 Å². The molecule has 0 spiro atoms. The number of rotatable bonds is 9. The van der Waals surface area contributed by atoms with Gasteiger partial charge in [-0.1, -0.05) is 6.58 Å². The molecule has 1 saturated carbocycles. The highest BCUT2D eigenvalue weighted by Gasteiger charge is 2.31. The first kappa shape index (κ1) is 19.2. The third-order valence-electron chi connectivity index (χ3n) is 3.87. The van der Waals surface area contributed by atoms with Crippen molar-refractivity contribution in [3.8, 4) is 0 Å². The van der Waals surface area contributed by atoms with E-state index in [1.54, 1.807) is 6.92 Å². The number of ether oxygens (including phenoxy) is 3. The summed E-state index contributed by atoms with van der Waals surface area (Å²) in [4.78, 5) is 34.4. The van der Waals surface area contributed by atoms with E-state index in [-0.39, 0.29) is 23.8 Å². The number of hydrogen-bond acceptors (Lipinski definition) is 6. The zero-order chi connectivity index (χ0) is 17.1. The molecule has 0 aliphatic heterocycles. The molecule has 0 heterocycles. The first-order valence-corrected chi connectivity index (χ1v) is 8.21. The molecule has 0 N–H and O–H groups in total. The highest BCUT2D eigenvalue weighted by molar-refractivity contribution is 5.81. The van der Waals surface area contributed by atoms with Crippen molar-refractivity contribution >= 4 is 17.9 Å². The molecule has 0 bridgehead atoms. The molecule has 1 fully saturated rings. The smallest absolute Gasteiger partial charge is 0.330 e. The molecule has 130 valence electrons. The Labute approximate surface area is 137 Å². The Hall–Kier alpha value is -1.85. The van der Waals surface area contributed by atoms with Crippen LogP contribution in [-0.4, -0.2) is 37.7 Å². The van der Waals surface area contributed by atoms with Crippen molar-refractivity contribution in [2.45, 2.75) is 45.4 Å². The molecule has 0 aromatic rings. The van der Waals surface area contributed by atoms with Gasteiger partial charge in [-0.2, -0.15) is 0 Å². The van der Waals surface area contributed by atoms with E-state index in [1.807, 2.05) is 0 Å². The second kappa shape index (κ2) is 10.8. The molecular formula is C17H26O6. The van der Waals surface area contributed by atoms with Crippen LogP contribution in [0.25, 0.3) is 0 Å². The van der Waals surface area contributed by atoms with Crippen molar-refractivity contribution in [1.29, 1.82) is 0 Å². The fourth-order valence-electron chi connectivity index (χ4n) is 2.55. The van der Waals surface area contributed by atoms with E-state index in [4.69, 9.17) is 14.2 Å². The van der Waals surface area contributed by atoms with Gasteiger partial charge in [-0.25, -0.2) is 4.79 Å². The molecule has 6 heteroatoms. The van der Waals surface area contributed by atoms with Gasteiger partial charge < -0.3 is 14.2 Å². The van der Waals surface area contributed by atoms with Gasteiger partial charge in [0.15, 0.2) is 0 Å². The second-order valence-corrected chi connectivity index (χ2v) is 5.55. The number of hydrogen-bond donors (Lipinski definition) is 0. The van der Waals surface area contributed by atoms with Crippen molar-refractivity contribution in [2.75, 3.05) is 19.8 Å². The van der Waals surface area contributed by atoms with E-state index in [9.17, 15) is 14.4 Å². The fourth-order valence-corrected chi connectivity index (χ4v) is 2.55. The van der Waals surface area contributed by atoms with Gasteiger partial charge in [-0.05, 0) is 45.4 Å². The molecule has 0 atom stereocenters. The molecule has 1 rings (SSSR count). The molecule has 0 saturated heterocycles. The Balaban J connectivity index is 2.11. The van der Waals surface area contributed by atoms with Crippen LogP contribution >= 0.6 is 0 Å². The molecule has 0 aromatic carbocycles. The SMILES string of the molecule is C=CC(=O)OCCCCOC(=O)C1CCC(C(=O)OCC)CC1. The lowest BCUT2D eigenvalue weighted by Gasteiger charge is -2.25. The van der Waals surface area contributed by atoms with Crippen LogP contribution in [-0.2, 0) is 28.6 Å². The zero-order valence-corrected chi connectivity index (χ0v) is 13.8. The summed E-state index contributed by atoms with van der Waals surface area (Å²) in [6.07, 6.45) is 5.09. The Morgan fingerprint density at radius 2 is 1.39 bits per heavy atom. The number of carbonyl (C=O) groups is 3. The van der Waals surface area contributed by atoms with Crippen molar-refractivity contribution in [2.24, 2.45) is 11.8 Å². The molecular weight excluding hydrogens is 300 g/mol. The van der Waals surface area contributed by atoms with Gasteiger partial charge in [0.05, 0.1) is 31.7 Å². The third kappa shape index (κ3) is 7.30. The van der Waals surface area contributed by atoms with Crippen molar-refractivity contribution < 1.29 is 28.6 Å². The summed E-state index contributed by atoms with van der Waals surface area (Å²) in [5, 5.41) is 0. The van der Waals surface area contributed by atoms with E-state index >= 15 is 0 Å². The van der Waals surface area contributed by atoms with Crippen molar-refractivity contribution in [3.63, 3.8) is 0 Å². The number of unbranched alkanes of at least 4 members (excludes halogenated alkanes) is 1. The lowest BCUT2D eigenvalue weighted by Crippen LogP contribution is -2.28. The van der Waals surface area contributed by atoms with E-state index < -0.39 is 5.97 Å². The van der Waals surface area contributed by atoms with E-state index in [0.717, 1.165) is 6.08 Å². The van der Waals surface area contributed by atoms with Crippen molar-refractivity contribution in [1.82, 2.24) is 0 Å². The zero-order valence-electron chi connectivity index (χ0n) is 13.8. The minimum Gasteiger partial charge on any atom is -0.466 e. The quantitative estimate of drug-likeness (QED) is 0.280. The molecule has 1 aliphatic rings. The fraction of sp³-hybridized carbons (Fsp3) is 0.706. The highest BCUT2D eigenvalue weighted by atomic mass is 16.5. The lowest BCUT2D eigenvalue weighted by atomic mass is 9.82. The largest absolute Gasteiger partial charge is 0.466 e. The first-order valence-electron chi connectivity index (χ1n) is 8.21. The lowest BCUT2D eigenvalue weighted by molar-refractivity contribution is -0.155. The summed E-state index contributed by atoms with van der Waals surface area (Å²) in [6.45, 7) is 6.11. The maximum absolute atomic E-state index is 12.0. The van der Waals surface area contributed by atoms with Crippen LogP contribution in [0.1, 0.15) is 45.4 Å². The van der Waals surface area contributed by atoms with Crippen LogP contribution in [0.2, 0.25) is 0 Å². The van der Waals surface area contributed by atoms with E-state index in [1.165, 1.54) is 0 Å². The number of esters is 3. The van der Waals surface area contributed by atoms with Gasteiger partial charge in [0.25, 0.3) is 0 Å². The van der Waals surface area contributed by atoms with Gasteiger partial charge in [0.2, 0.25) is 0 Å². The maximum atomic E-state index is 12.0. The highest BCUT2D eigenvalue weighted by Crippen LogP contribution is 2.30. The molecule has 1 aliphatic carbocycles. The van der Waals surface area contributed by atoms with Gasteiger partial charge >= 0.3 is 17.9 Å². The summed E-state index contributed by atoms with van der Waals surface area (Å²) in [6, 6.07) is 0. The van der Waals surface area contributed by atoms with Crippen LogP contribution in [0, 0.1) is 11.8 Å². The van der Waals surface area contributed by atoms with Crippen LogP contribution in [0.4, 0.5) is 0 Å². The molecule has 6 nitrogen and oxygen atoms in total. The summed E-state index contributed by atoms with van der Waals surface area (Å²) in [7, 11) is 0. The van der Waals surface area contributed by atoms with Gasteiger partial charge in [-0.15, -0.1) is 0 Å². The summed E-state index contributed by atoms with van der Waals surface area (Å²) < 4.78 is 15.1. The molecule has 0 unspecified atom stereocenters. The first-order chi connectivity index (χ1) is 11.1. The molecule has 0 amide bonds. The molecule has 23 heavy (non-hydrogen) atoms. The predicted octanol–water partition coefficient (Wildman–Crippen LogP) is 2.41. The van der Waals surface area contributed by atoms with Crippen LogP contribution in [0.5, 0.6) is 0 Å². The Morgan fingerprint density at radius 3 is 1.87 bits per heavy atom. The van der Waals surface area contributed by atoms with E-state index in [2.05, 4.69) is 6.58 Å². The molecule has 0 radical (unpaired) electrons. The summed E-state index contributed by atoms with van der Waals surface area (Å²) in [5.74, 6) is -1.01. The third-order valence-corrected chi connectivity index (χ3v) is 3.87. The van der Waals surface area contributed by atoms with Gasteiger partial charge in [-0.3, -0.25) is 9.59 Å². The monoisotopic (exact) mass is 326 g/mol. The van der Waals surface area contributed by atoms with Crippen molar-refractivity contribution in [3.05, 3.63) is 12.7 Å². The van der Waals surface area contributed by atoms with Gasteiger partial charge in [0, 0.05) is 6.08 Å². The minimum atomic E-state index is -0.444. The van der Waals surface area contributed by atoms with Crippen LogP contribution in [0.3, 0.4) is 0 Å². The summed E-state index contributed by atoms with van der Waals surface area (Å²) >= 11 is 0. The normalized spacial score (nSPS) is 20.4. The second-order valence-electron chi connectivity index (χ2n) is 5.55. The van der Waals surface area contributed by atoms with Crippen LogP contribution in [0.15, 0.2) is 12.7 Å². The average molecular weight is 326 g/mol. The Kier molecular flexibility index (Phi) is 9.02. The average Bonchev–Trinajstić information content (AvgIpc) is 2.57. The minimum absolute atomic E-state index is 0.0847. The molecule has 0 aromatic heterocycles. The van der Waals surface area contributed by atoms with E-state index in [0.29, 0.717) is 58.3 Å².